The van der Waals surface area contributed by atoms with Gasteiger partial charge in [0, 0.05) is 20.0 Å². The summed E-state index contributed by atoms with van der Waals surface area (Å²) in [7, 11) is 0. The van der Waals surface area contributed by atoms with Gasteiger partial charge in [-0.25, -0.2) is 0 Å². The Kier molecular flexibility index (Phi) is 3.27. The molecular weight excluding hydrogens is 194 g/mol. The van der Waals surface area contributed by atoms with E-state index in [1.807, 2.05) is 0 Å². The van der Waals surface area contributed by atoms with Crippen molar-refractivity contribution in [2.45, 2.75) is 18.9 Å². The lowest BCUT2D eigenvalue weighted by molar-refractivity contribution is -0.129. The average Bonchev–Trinajstić information content (AvgIpc) is 2.51. The third-order valence-electron chi connectivity index (χ3n) is 2.09. The van der Waals surface area contributed by atoms with Crippen LogP contribution < -0.4 is 5.32 Å². The number of carbonyl (C=O) groups is 2. The molecule has 5 heteroatoms. The van der Waals surface area contributed by atoms with Gasteiger partial charge >= 0.3 is 0 Å². The van der Waals surface area contributed by atoms with E-state index in [9.17, 15) is 9.59 Å². The van der Waals surface area contributed by atoms with Crippen molar-refractivity contribution >= 4 is 23.3 Å². The van der Waals surface area contributed by atoms with Gasteiger partial charge in [-0.3, -0.25) is 9.59 Å². The average molecular weight is 206 g/mol. The van der Waals surface area contributed by atoms with Crippen LogP contribution in [0.3, 0.4) is 0 Å². The summed E-state index contributed by atoms with van der Waals surface area (Å²) in [6, 6.07) is 0. The highest BCUT2D eigenvalue weighted by Crippen LogP contribution is 2.20. The number of hydrogen-bond acceptors (Lipinski definition) is 3. The number of rotatable bonds is 3. The Labute approximate surface area is 81.6 Å². The minimum absolute atomic E-state index is 0.0936. The molecule has 0 bridgehead atoms. The number of halogens is 1. The number of ketones is 1. The molecule has 1 saturated heterocycles. The topological polar surface area (TPSA) is 55.4 Å². The second-order valence-corrected chi connectivity index (χ2v) is 3.39. The SMILES string of the molecule is CC(=O)NC1(C(=O)CCl)CCOC1. The Hall–Kier alpha value is -0.610. The molecule has 0 aromatic heterocycles. The number of carbonyl (C=O) groups excluding carboxylic acids is 2. The van der Waals surface area contributed by atoms with Crippen molar-refractivity contribution in [1.82, 2.24) is 5.32 Å². The van der Waals surface area contributed by atoms with Crippen molar-refractivity contribution in [3.63, 3.8) is 0 Å². The van der Waals surface area contributed by atoms with Crippen molar-refractivity contribution in [2.24, 2.45) is 0 Å². The number of ether oxygens (including phenoxy) is 1. The van der Waals surface area contributed by atoms with Crippen LogP contribution in [0, 0.1) is 0 Å². The molecule has 1 fully saturated rings. The molecule has 0 aliphatic carbocycles. The monoisotopic (exact) mass is 205 g/mol. The van der Waals surface area contributed by atoms with Gasteiger partial charge < -0.3 is 10.1 Å². The third-order valence-corrected chi connectivity index (χ3v) is 2.33. The maximum Gasteiger partial charge on any atom is 0.217 e. The summed E-state index contributed by atoms with van der Waals surface area (Å²) < 4.78 is 5.09. The zero-order valence-electron chi connectivity index (χ0n) is 7.43. The Morgan fingerprint density at radius 3 is 2.69 bits per heavy atom. The number of amides is 1. The number of alkyl halides is 1. The normalized spacial score (nSPS) is 27.2. The fourth-order valence-electron chi connectivity index (χ4n) is 1.42. The first kappa shape index (κ1) is 10.5. The lowest BCUT2D eigenvalue weighted by atomic mass is 9.94. The van der Waals surface area contributed by atoms with Gasteiger partial charge in [-0.15, -0.1) is 11.6 Å². The molecule has 13 heavy (non-hydrogen) atoms. The molecule has 0 aromatic carbocycles. The Morgan fingerprint density at radius 1 is 1.62 bits per heavy atom. The summed E-state index contributed by atoms with van der Waals surface area (Å²) in [5.41, 5.74) is -0.867. The molecule has 1 unspecified atom stereocenters. The van der Waals surface area contributed by atoms with E-state index in [1.54, 1.807) is 0 Å². The zero-order valence-corrected chi connectivity index (χ0v) is 8.19. The highest BCUT2D eigenvalue weighted by Gasteiger charge is 2.41. The van der Waals surface area contributed by atoms with E-state index in [2.05, 4.69) is 5.32 Å². The van der Waals surface area contributed by atoms with Crippen LogP contribution in [0.5, 0.6) is 0 Å². The van der Waals surface area contributed by atoms with Crippen LogP contribution in [0.4, 0.5) is 0 Å². The van der Waals surface area contributed by atoms with E-state index >= 15 is 0 Å². The summed E-state index contributed by atoms with van der Waals surface area (Å²) >= 11 is 5.45. The zero-order chi connectivity index (χ0) is 9.90. The van der Waals surface area contributed by atoms with Gasteiger partial charge in [-0.1, -0.05) is 0 Å². The molecule has 1 N–H and O–H groups in total. The number of hydrogen-bond donors (Lipinski definition) is 1. The van der Waals surface area contributed by atoms with Crippen molar-refractivity contribution in [3.8, 4) is 0 Å². The summed E-state index contributed by atoms with van der Waals surface area (Å²) in [6.45, 7) is 2.10. The highest BCUT2D eigenvalue weighted by molar-refractivity contribution is 6.29. The van der Waals surface area contributed by atoms with Gasteiger partial charge in [0.2, 0.25) is 5.91 Å². The summed E-state index contributed by atoms with van der Waals surface area (Å²) in [5.74, 6) is -0.505. The lowest BCUT2D eigenvalue weighted by Gasteiger charge is -2.25. The maximum atomic E-state index is 11.4. The predicted molar refractivity (Wildman–Crippen MR) is 47.7 cm³/mol. The maximum absolute atomic E-state index is 11.4. The molecule has 74 valence electrons. The Balaban J connectivity index is 2.74. The minimum atomic E-state index is -0.867. The largest absolute Gasteiger partial charge is 0.378 e. The van der Waals surface area contributed by atoms with E-state index < -0.39 is 5.54 Å². The molecule has 1 atom stereocenters. The molecular formula is C8H12ClNO3. The molecule has 0 aromatic rings. The predicted octanol–water partition coefficient (Wildman–Crippen LogP) is 0.0895. The third kappa shape index (κ3) is 2.19. The van der Waals surface area contributed by atoms with Crippen molar-refractivity contribution in [2.75, 3.05) is 19.1 Å². The van der Waals surface area contributed by atoms with Crippen molar-refractivity contribution in [3.05, 3.63) is 0 Å². The fourth-order valence-corrected chi connectivity index (χ4v) is 1.67. The summed E-state index contributed by atoms with van der Waals surface area (Å²) in [5, 5.41) is 2.61. The second-order valence-electron chi connectivity index (χ2n) is 3.12. The van der Waals surface area contributed by atoms with Crippen molar-refractivity contribution < 1.29 is 14.3 Å². The first-order valence-corrected chi connectivity index (χ1v) is 4.60. The molecule has 1 heterocycles. The summed E-state index contributed by atoms with van der Waals surface area (Å²) in [6.07, 6.45) is 0.512. The minimum Gasteiger partial charge on any atom is -0.378 e. The van der Waals surface area contributed by atoms with Crippen LogP contribution >= 0.6 is 11.6 Å². The van der Waals surface area contributed by atoms with E-state index in [4.69, 9.17) is 16.3 Å². The van der Waals surface area contributed by atoms with Gasteiger partial charge in [0.05, 0.1) is 12.5 Å². The summed E-state index contributed by atoms with van der Waals surface area (Å²) in [4.78, 5) is 22.3. The second kappa shape index (κ2) is 4.07. The van der Waals surface area contributed by atoms with Gasteiger partial charge in [-0.05, 0) is 0 Å². The highest BCUT2D eigenvalue weighted by atomic mass is 35.5. The van der Waals surface area contributed by atoms with Crippen molar-refractivity contribution in [1.29, 1.82) is 0 Å². The molecule has 0 saturated carbocycles. The molecule has 1 rings (SSSR count). The quantitative estimate of drug-likeness (QED) is 0.665. The van der Waals surface area contributed by atoms with Gasteiger partial charge in [0.1, 0.15) is 5.54 Å². The molecule has 4 nitrogen and oxygen atoms in total. The Morgan fingerprint density at radius 2 is 2.31 bits per heavy atom. The molecule has 0 radical (unpaired) electrons. The van der Waals surface area contributed by atoms with Gasteiger partial charge in [0.25, 0.3) is 0 Å². The standard InChI is InChI=1S/C8H12ClNO3/c1-6(11)10-8(7(12)4-9)2-3-13-5-8/h2-5H2,1H3,(H,10,11). The van der Waals surface area contributed by atoms with Gasteiger partial charge in [-0.2, -0.15) is 0 Å². The number of nitrogens with one attached hydrogen (secondary N) is 1. The first-order chi connectivity index (χ1) is 6.10. The van der Waals surface area contributed by atoms with E-state index in [-0.39, 0.29) is 24.2 Å². The molecule has 1 aliphatic rings. The molecule has 1 aliphatic heterocycles. The number of Topliss-reactive ketones (excluding diaryl/α,β-unsaturated/α-hetero) is 1. The van der Waals surface area contributed by atoms with Crippen LogP contribution in [0.2, 0.25) is 0 Å². The van der Waals surface area contributed by atoms with Crippen LogP contribution in [-0.2, 0) is 14.3 Å². The van der Waals surface area contributed by atoms with Crippen LogP contribution in [0.1, 0.15) is 13.3 Å². The smallest absolute Gasteiger partial charge is 0.217 e. The lowest BCUT2D eigenvalue weighted by Crippen LogP contribution is -2.55. The fraction of sp³-hybridized carbons (Fsp3) is 0.750. The van der Waals surface area contributed by atoms with Crippen LogP contribution in [-0.4, -0.2) is 36.3 Å². The molecule has 0 spiro atoms. The van der Waals surface area contributed by atoms with Gasteiger partial charge in [0.15, 0.2) is 5.78 Å². The molecule has 1 amide bonds. The first-order valence-electron chi connectivity index (χ1n) is 4.06. The van der Waals surface area contributed by atoms with E-state index in [0.29, 0.717) is 13.0 Å². The Bertz CT molecular complexity index is 223. The van der Waals surface area contributed by atoms with E-state index in [1.165, 1.54) is 6.92 Å². The van der Waals surface area contributed by atoms with E-state index in [0.717, 1.165) is 0 Å². The van der Waals surface area contributed by atoms with Crippen LogP contribution in [0.25, 0.3) is 0 Å². The van der Waals surface area contributed by atoms with Crippen LogP contribution in [0.15, 0.2) is 0 Å².